The molecule has 1 aromatic heterocycles. The summed E-state index contributed by atoms with van der Waals surface area (Å²) >= 11 is 0. The molecule has 1 saturated heterocycles. The van der Waals surface area contributed by atoms with Gasteiger partial charge in [-0.25, -0.2) is 4.98 Å². The van der Waals surface area contributed by atoms with Crippen LogP contribution in [0.5, 0.6) is 6.01 Å². The molecule has 156 valence electrons. The summed E-state index contributed by atoms with van der Waals surface area (Å²) in [6, 6.07) is 3.02. The van der Waals surface area contributed by atoms with Crippen LogP contribution in [0, 0.1) is 5.92 Å². The molecule has 28 heavy (non-hydrogen) atoms. The Kier molecular flexibility index (Phi) is 7.89. The van der Waals surface area contributed by atoms with Gasteiger partial charge in [0.25, 0.3) is 0 Å². The van der Waals surface area contributed by atoms with E-state index in [0.717, 1.165) is 44.8 Å². The lowest BCUT2D eigenvalue weighted by molar-refractivity contribution is -0.122. The van der Waals surface area contributed by atoms with Crippen LogP contribution in [0.1, 0.15) is 51.4 Å². The van der Waals surface area contributed by atoms with E-state index in [2.05, 4.69) is 32.1 Å². The maximum atomic E-state index is 12.3. The molecular weight excluding hydrogens is 354 g/mol. The molecule has 0 atom stereocenters. The number of aromatic nitrogens is 2. The summed E-state index contributed by atoms with van der Waals surface area (Å²) in [5, 5.41) is 3.13. The van der Waals surface area contributed by atoms with Crippen LogP contribution in [0.4, 0.5) is 5.82 Å². The van der Waals surface area contributed by atoms with Crippen LogP contribution in [-0.4, -0.2) is 67.2 Å². The van der Waals surface area contributed by atoms with Gasteiger partial charge in [-0.15, -0.1) is 0 Å². The molecule has 2 heterocycles. The number of anilines is 1. The molecule has 7 heteroatoms. The first-order chi connectivity index (χ1) is 13.7. The van der Waals surface area contributed by atoms with Crippen LogP contribution in [0.25, 0.3) is 0 Å². The van der Waals surface area contributed by atoms with Crippen molar-refractivity contribution in [3.63, 3.8) is 0 Å². The third-order valence-electron chi connectivity index (χ3n) is 6.20. The van der Waals surface area contributed by atoms with Crippen molar-refractivity contribution in [2.75, 3.05) is 45.2 Å². The number of carbonyl (C=O) groups is 1. The molecule has 1 saturated carbocycles. The van der Waals surface area contributed by atoms with Gasteiger partial charge in [-0.3, -0.25) is 4.79 Å². The summed E-state index contributed by atoms with van der Waals surface area (Å²) in [7, 11) is 3.77. The quantitative estimate of drug-likeness (QED) is 0.737. The van der Waals surface area contributed by atoms with Crippen molar-refractivity contribution in [1.29, 1.82) is 0 Å². The molecule has 0 radical (unpaired) electrons. The van der Waals surface area contributed by atoms with Crippen LogP contribution in [-0.2, 0) is 4.79 Å². The number of ether oxygens (including phenoxy) is 1. The molecule has 1 aliphatic carbocycles. The number of amides is 1. The lowest BCUT2D eigenvalue weighted by Gasteiger charge is -2.33. The summed E-state index contributed by atoms with van der Waals surface area (Å²) in [5.41, 5.74) is 0. The zero-order valence-corrected chi connectivity index (χ0v) is 17.4. The van der Waals surface area contributed by atoms with Crippen molar-refractivity contribution in [3.8, 4) is 6.01 Å². The van der Waals surface area contributed by atoms with Crippen molar-refractivity contribution in [3.05, 3.63) is 12.3 Å². The van der Waals surface area contributed by atoms with Gasteiger partial charge in [-0.2, -0.15) is 4.98 Å². The molecule has 1 aliphatic heterocycles. The average Bonchev–Trinajstić information content (AvgIpc) is 2.75. The summed E-state index contributed by atoms with van der Waals surface area (Å²) in [4.78, 5) is 25.5. The molecule has 0 spiro atoms. The largest absolute Gasteiger partial charge is 0.467 e. The van der Waals surface area contributed by atoms with Crippen LogP contribution in [0.15, 0.2) is 12.3 Å². The number of carbonyl (C=O) groups excluding carboxylic acids is 1. The molecule has 1 N–H and O–H groups in total. The minimum Gasteiger partial charge on any atom is -0.467 e. The van der Waals surface area contributed by atoms with E-state index in [0.29, 0.717) is 24.4 Å². The predicted octanol–water partition coefficient (Wildman–Crippen LogP) is 2.47. The van der Waals surface area contributed by atoms with Crippen molar-refractivity contribution in [2.24, 2.45) is 5.92 Å². The van der Waals surface area contributed by atoms with Gasteiger partial charge in [-0.1, -0.05) is 19.3 Å². The van der Waals surface area contributed by atoms with E-state index in [1.165, 1.54) is 32.1 Å². The Labute approximate surface area is 168 Å². The summed E-state index contributed by atoms with van der Waals surface area (Å²) in [6.07, 6.45) is 11.1. The topological polar surface area (TPSA) is 70.6 Å². The first-order valence-electron chi connectivity index (χ1n) is 10.7. The maximum Gasteiger partial charge on any atom is 0.318 e. The lowest BCUT2D eigenvalue weighted by atomic mass is 9.93. The number of nitrogens with zero attached hydrogens (tertiary/aromatic N) is 4. The minimum absolute atomic E-state index is 0.194. The summed E-state index contributed by atoms with van der Waals surface area (Å²) < 4.78 is 5.11. The van der Waals surface area contributed by atoms with E-state index < -0.39 is 0 Å². The Balaban J connectivity index is 1.33. The molecule has 2 fully saturated rings. The molecule has 1 aromatic rings. The fraction of sp³-hybridized carbons (Fsp3) is 0.762. The Bertz CT molecular complexity index is 613. The zero-order valence-electron chi connectivity index (χ0n) is 17.4. The van der Waals surface area contributed by atoms with E-state index in [9.17, 15) is 4.79 Å². The molecular formula is C21H35N5O2. The molecule has 0 aromatic carbocycles. The average molecular weight is 390 g/mol. The highest BCUT2D eigenvalue weighted by Crippen LogP contribution is 2.24. The molecule has 0 bridgehead atoms. The van der Waals surface area contributed by atoms with E-state index in [4.69, 9.17) is 4.74 Å². The number of hydrogen-bond acceptors (Lipinski definition) is 6. The van der Waals surface area contributed by atoms with Gasteiger partial charge in [0, 0.05) is 44.8 Å². The first-order valence-corrected chi connectivity index (χ1v) is 10.7. The number of piperidine rings is 1. The fourth-order valence-corrected chi connectivity index (χ4v) is 4.38. The smallest absolute Gasteiger partial charge is 0.318 e. The maximum absolute atomic E-state index is 12.3. The van der Waals surface area contributed by atoms with Gasteiger partial charge in [0.1, 0.15) is 5.82 Å². The monoisotopic (exact) mass is 389 g/mol. The second-order valence-electron chi connectivity index (χ2n) is 8.16. The van der Waals surface area contributed by atoms with Gasteiger partial charge in [-0.05, 0) is 44.7 Å². The Morgan fingerprint density at radius 2 is 2.00 bits per heavy atom. The highest BCUT2D eigenvalue weighted by atomic mass is 16.5. The van der Waals surface area contributed by atoms with Crippen molar-refractivity contribution < 1.29 is 9.53 Å². The van der Waals surface area contributed by atoms with E-state index in [-0.39, 0.29) is 5.91 Å². The molecule has 3 rings (SSSR count). The third kappa shape index (κ3) is 6.06. The highest BCUT2D eigenvalue weighted by Gasteiger charge is 2.23. The predicted molar refractivity (Wildman–Crippen MR) is 111 cm³/mol. The number of likely N-dealkylation sites (N-methyl/N-ethyl adjacent to an activating group) is 1. The zero-order chi connectivity index (χ0) is 19.8. The second kappa shape index (κ2) is 10.6. The van der Waals surface area contributed by atoms with Crippen LogP contribution in [0.3, 0.4) is 0 Å². The van der Waals surface area contributed by atoms with Crippen LogP contribution in [0.2, 0.25) is 0 Å². The summed E-state index contributed by atoms with van der Waals surface area (Å²) in [5.74, 6) is 1.55. The Morgan fingerprint density at radius 1 is 1.25 bits per heavy atom. The van der Waals surface area contributed by atoms with Gasteiger partial charge >= 0.3 is 6.01 Å². The fourth-order valence-electron chi connectivity index (χ4n) is 4.38. The Hall–Kier alpha value is -1.89. The van der Waals surface area contributed by atoms with Gasteiger partial charge in [0.15, 0.2) is 0 Å². The van der Waals surface area contributed by atoms with E-state index >= 15 is 0 Å². The van der Waals surface area contributed by atoms with Crippen LogP contribution >= 0.6 is 0 Å². The normalized spacial score (nSPS) is 19.0. The van der Waals surface area contributed by atoms with Gasteiger partial charge in [0.05, 0.1) is 7.11 Å². The van der Waals surface area contributed by atoms with Crippen molar-refractivity contribution in [1.82, 2.24) is 20.2 Å². The first kappa shape index (κ1) is 20.8. The SMILES string of the molecule is COc1nccc(N2CCC(CC(=O)NCCN(C)C3CCCCC3)CC2)n1. The highest BCUT2D eigenvalue weighted by molar-refractivity contribution is 5.76. The van der Waals surface area contributed by atoms with Gasteiger partial charge in [0.2, 0.25) is 5.91 Å². The Morgan fingerprint density at radius 3 is 2.71 bits per heavy atom. The summed E-state index contributed by atoms with van der Waals surface area (Å²) in [6.45, 7) is 3.54. The lowest BCUT2D eigenvalue weighted by Crippen LogP contribution is -2.40. The number of hydrogen-bond donors (Lipinski definition) is 1. The van der Waals surface area contributed by atoms with Crippen molar-refractivity contribution >= 4 is 11.7 Å². The standard InChI is InChI=1S/C21H35N5O2/c1-25(18-6-4-3-5-7-18)15-12-22-20(27)16-17-9-13-26(14-10-17)19-8-11-23-21(24-19)28-2/h8,11,17-18H,3-7,9-10,12-16H2,1-2H3,(H,22,27). The van der Waals surface area contributed by atoms with Gasteiger partial charge < -0.3 is 19.9 Å². The number of nitrogens with one attached hydrogen (secondary N) is 1. The molecule has 1 amide bonds. The molecule has 0 unspecified atom stereocenters. The minimum atomic E-state index is 0.194. The molecule has 2 aliphatic rings. The van der Waals surface area contributed by atoms with E-state index in [1.807, 2.05) is 6.07 Å². The number of rotatable bonds is 8. The third-order valence-corrected chi connectivity index (χ3v) is 6.20. The van der Waals surface area contributed by atoms with Crippen LogP contribution < -0.4 is 15.0 Å². The number of methoxy groups -OCH3 is 1. The molecule has 7 nitrogen and oxygen atoms in total. The second-order valence-corrected chi connectivity index (χ2v) is 8.16. The van der Waals surface area contributed by atoms with E-state index in [1.54, 1.807) is 13.3 Å². The van der Waals surface area contributed by atoms with Crippen molar-refractivity contribution in [2.45, 2.75) is 57.4 Å².